The van der Waals surface area contributed by atoms with Crippen LogP contribution in [0.4, 0.5) is 0 Å². The fourth-order valence-corrected chi connectivity index (χ4v) is 5.01. The van der Waals surface area contributed by atoms with Gasteiger partial charge in [0.2, 0.25) is 0 Å². The van der Waals surface area contributed by atoms with E-state index in [2.05, 4.69) is 6.92 Å². The zero-order chi connectivity index (χ0) is 20.7. The van der Waals surface area contributed by atoms with E-state index < -0.39 is 9.84 Å². The zero-order valence-electron chi connectivity index (χ0n) is 17.3. The highest BCUT2D eigenvalue weighted by Crippen LogP contribution is 2.32. The number of Topliss-reactive ketones (excluding diaryl/α,β-unsaturated/α-hetero) is 1. The normalized spacial score (nSPS) is 20.3. The summed E-state index contributed by atoms with van der Waals surface area (Å²) < 4.78 is 29.7. The average molecular weight is 411 g/mol. The predicted octanol–water partition coefficient (Wildman–Crippen LogP) is 4.31. The van der Waals surface area contributed by atoms with Gasteiger partial charge >= 0.3 is 0 Å². The molecular formula is C22H34O5S. The summed E-state index contributed by atoms with van der Waals surface area (Å²) in [6, 6.07) is 5.17. The van der Waals surface area contributed by atoms with Crippen LogP contribution in [0, 0.1) is 11.8 Å². The number of ketones is 1. The van der Waals surface area contributed by atoms with E-state index in [1.54, 1.807) is 26.0 Å². The van der Waals surface area contributed by atoms with Crippen molar-refractivity contribution in [2.24, 2.45) is 11.8 Å². The molecule has 1 fully saturated rings. The summed E-state index contributed by atoms with van der Waals surface area (Å²) in [5.74, 6) is 1.09. The van der Waals surface area contributed by atoms with E-state index in [9.17, 15) is 18.3 Å². The smallest absolute Gasteiger partial charge is 0.160 e. The van der Waals surface area contributed by atoms with E-state index in [-0.39, 0.29) is 34.4 Å². The number of aromatic hydroxyl groups is 1. The first-order valence-corrected chi connectivity index (χ1v) is 12.1. The van der Waals surface area contributed by atoms with E-state index in [0.29, 0.717) is 18.8 Å². The summed E-state index contributed by atoms with van der Waals surface area (Å²) in [6.07, 6.45) is 5.33. The van der Waals surface area contributed by atoms with E-state index in [1.807, 2.05) is 6.07 Å². The van der Waals surface area contributed by atoms with Crippen molar-refractivity contribution in [2.45, 2.75) is 71.0 Å². The molecule has 0 saturated heterocycles. The van der Waals surface area contributed by atoms with Gasteiger partial charge in [0.1, 0.15) is 5.78 Å². The van der Waals surface area contributed by atoms with Crippen LogP contribution in [0.2, 0.25) is 0 Å². The Kier molecular flexibility index (Phi) is 8.35. The molecule has 5 nitrogen and oxygen atoms in total. The van der Waals surface area contributed by atoms with Gasteiger partial charge in [0, 0.05) is 12.3 Å². The molecule has 0 heterocycles. The van der Waals surface area contributed by atoms with Crippen molar-refractivity contribution < 1.29 is 23.1 Å². The van der Waals surface area contributed by atoms with Crippen molar-refractivity contribution in [2.75, 3.05) is 12.4 Å². The third-order valence-electron chi connectivity index (χ3n) is 5.65. The van der Waals surface area contributed by atoms with Gasteiger partial charge in [-0.15, -0.1) is 0 Å². The van der Waals surface area contributed by atoms with Gasteiger partial charge < -0.3 is 9.84 Å². The first-order chi connectivity index (χ1) is 13.2. The number of rotatable bonds is 10. The molecule has 6 heteroatoms. The van der Waals surface area contributed by atoms with Crippen LogP contribution in [0.25, 0.3) is 0 Å². The summed E-state index contributed by atoms with van der Waals surface area (Å²) in [5, 5.41) is 9.77. The SMILES string of the molecule is CCCCOc1ccc(CC(=O)C2CCC(CS(=O)(=O)C(C)C)CC2)cc1O. The number of sulfone groups is 1. The maximum Gasteiger partial charge on any atom is 0.160 e. The van der Waals surface area contributed by atoms with Crippen molar-refractivity contribution in [3.8, 4) is 11.5 Å². The molecule has 0 spiro atoms. The second-order valence-corrected chi connectivity index (χ2v) is 10.8. The van der Waals surface area contributed by atoms with Crippen LogP contribution in [-0.2, 0) is 21.1 Å². The first kappa shape index (κ1) is 22.7. The number of hydrogen-bond donors (Lipinski definition) is 1. The molecule has 1 N–H and O–H groups in total. The first-order valence-electron chi connectivity index (χ1n) is 10.4. The van der Waals surface area contributed by atoms with Crippen LogP contribution in [0.15, 0.2) is 18.2 Å². The van der Waals surface area contributed by atoms with Crippen LogP contribution in [0.3, 0.4) is 0 Å². The monoisotopic (exact) mass is 410 g/mol. The molecule has 0 atom stereocenters. The standard InChI is InChI=1S/C22H34O5S/c1-4-5-12-27-22-11-8-18(14-21(22)24)13-20(23)19-9-6-17(7-10-19)15-28(25,26)16(2)3/h8,11,14,16-17,19,24H,4-7,9-10,12-13,15H2,1-3H3. The summed E-state index contributed by atoms with van der Waals surface area (Å²) >= 11 is 0. The third-order valence-corrected chi connectivity index (χ3v) is 8.02. The number of phenolic OH excluding ortho intramolecular Hbond substituents is 1. The molecule has 158 valence electrons. The molecule has 1 aromatic carbocycles. The van der Waals surface area contributed by atoms with E-state index in [1.165, 1.54) is 0 Å². The molecule has 28 heavy (non-hydrogen) atoms. The maximum absolute atomic E-state index is 12.6. The number of carbonyl (C=O) groups excluding carboxylic acids is 1. The molecule has 0 unspecified atom stereocenters. The molecule has 1 saturated carbocycles. The summed E-state index contributed by atoms with van der Waals surface area (Å²) in [6.45, 7) is 6.09. The summed E-state index contributed by atoms with van der Waals surface area (Å²) in [7, 11) is -3.03. The average Bonchev–Trinajstić information content (AvgIpc) is 2.63. The lowest BCUT2D eigenvalue weighted by molar-refractivity contribution is -0.123. The highest BCUT2D eigenvalue weighted by molar-refractivity contribution is 7.91. The highest BCUT2D eigenvalue weighted by Gasteiger charge is 2.30. The summed E-state index contributed by atoms with van der Waals surface area (Å²) in [4.78, 5) is 12.6. The molecule has 1 aromatic rings. The second kappa shape index (κ2) is 10.3. The van der Waals surface area contributed by atoms with Crippen LogP contribution in [0.5, 0.6) is 11.5 Å². The van der Waals surface area contributed by atoms with Gasteiger partial charge in [-0.3, -0.25) is 4.79 Å². The minimum absolute atomic E-state index is 0.0133. The van der Waals surface area contributed by atoms with Crippen LogP contribution >= 0.6 is 0 Å². The predicted molar refractivity (Wildman–Crippen MR) is 112 cm³/mol. The Morgan fingerprint density at radius 3 is 2.46 bits per heavy atom. The van der Waals surface area contributed by atoms with Gasteiger partial charge in [0.05, 0.1) is 17.6 Å². The van der Waals surface area contributed by atoms with Gasteiger partial charge in [0.25, 0.3) is 0 Å². The Morgan fingerprint density at radius 1 is 1.21 bits per heavy atom. The van der Waals surface area contributed by atoms with Crippen LogP contribution in [-0.4, -0.2) is 36.9 Å². The van der Waals surface area contributed by atoms with Gasteiger partial charge in [-0.05, 0) is 69.6 Å². The molecule has 0 aromatic heterocycles. The number of unbranched alkanes of at least 4 members (excludes halogenated alkanes) is 1. The van der Waals surface area contributed by atoms with Crippen molar-refractivity contribution in [1.29, 1.82) is 0 Å². The lowest BCUT2D eigenvalue weighted by Crippen LogP contribution is -2.29. The van der Waals surface area contributed by atoms with Crippen LogP contribution in [0.1, 0.15) is 64.9 Å². The lowest BCUT2D eigenvalue weighted by atomic mass is 9.79. The van der Waals surface area contributed by atoms with Crippen LogP contribution < -0.4 is 4.74 Å². The van der Waals surface area contributed by atoms with Crippen molar-refractivity contribution in [1.82, 2.24) is 0 Å². The highest BCUT2D eigenvalue weighted by atomic mass is 32.2. The minimum atomic E-state index is -3.03. The lowest BCUT2D eigenvalue weighted by Gasteiger charge is -2.28. The fourth-order valence-electron chi connectivity index (χ4n) is 3.64. The largest absolute Gasteiger partial charge is 0.504 e. The Morgan fingerprint density at radius 2 is 1.89 bits per heavy atom. The molecule has 1 aliphatic carbocycles. The number of benzene rings is 1. The summed E-state index contributed by atoms with van der Waals surface area (Å²) in [5.41, 5.74) is 0.787. The van der Waals surface area contributed by atoms with Crippen molar-refractivity contribution in [3.63, 3.8) is 0 Å². The quantitative estimate of drug-likeness (QED) is 0.581. The molecule has 0 radical (unpaired) electrons. The van der Waals surface area contributed by atoms with E-state index in [4.69, 9.17) is 4.74 Å². The number of hydrogen-bond acceptors (Lipinski definition) is 5. The Labute approximate surface area is 169 Å². The van der Waals surface area contributed by atoms with Crippen molar-refractivity contribution in [3.05, 3.63) is 23.8 Å². The third kappa shape index (κ3) is 6.50. The van der Waals surface area contributed by atoms with Gasteiger partial charge in [-0.2, -0.15) is 0 Å². The number of phenols is 1. The van der Waals surface area contributed by atoms with Crippen molar-refractivity contribution >= 4 is 15.6 Å². The second-order valence-electron chi connectivity index (χ2n) is 8.24. The zero-order valence-corrected chi connectivity index (χ0v) is 18.1. The molecule has 2 rings (SSSR count). The topological polar surface area (TPSA) is 80.7 Å². The minimum Gasteiger partial charge on any atom is -0.504 e. The van der Waals surface area contributed by atoms with Gasteiger partial charge in [-0.1, -0.05) is 19.4 Å². The van der Waals surface area contributed by atoms with Gasteiger partial charge in [0.15, 0.2) is 21.3 Å². The Hall–Kier alpha value is -1.56. The molecular weight excluding hydrogens is 376 g/mol. The molecule has 0 bridgehead atoms. The Bertz CT molecular complexity index is 746. The Balaban J connectivity index is 1.85. The number of ether oxygens (including phenoxy) is 1. The van der Waals surface area contributed by atoms with E-state index in [0.717, 1.165) is 44.1 Å². The van der Waals surface area contributed by atoms with E-state index >= 15 is 0 Å². The maximum atomic E-state index is 12.6. The molecule has 0 aliphatic heterocycles. The fraction of sp³-hybridized carbons (Fsp3) is 0.682. The van der Waals surface area contributed by atoms with Gasteiger partial charge in [-0.25, -0.2) is 8.42 Å². The number of carbonyl (C=O) groups is 1. The molecule has 0 amide bonds. The molecule has 1 aliphatic rings.